The van der Waals surface area contributed by atoms with Gasteiger partial charge >= 0.3 is 0 Å². The summed E-state index contributed by atoms with van der Waals surface area (Å²) in [5, 5.41) is 1.03. The molecular formula is C13H15NO3. The van der Waals surface area contributed by atoms with Crippen LogP contribution in [0.25, 0.3) is 6.08 Å². The van der Waals surface area contributed by atoms with Gasteiger partial charge in [0.15, 0.2) is 0 Å². The van der Waals surface area contributed by atoms with E-state index in [-0.39, 0.29) is 12.5 Å². The Morgan fingerprint density at radius 1 is 1.35 bits per heavy atom. The van der Waals surface area contributed by atoms with E-state index < -0.39 is 0 Å². The highest BCUT2D eigenvalue weighted by atomic mass is 16.7. The first-order valence-electron chi connectivity index (χ1n) is 5.39. The number of carbonyl (C=O) groups excluding carboxylic acids is 2. The highest BCUT2D eigenvalue weighted by molar-refractivity contribution is 5.92. The number of carbonyl (C=O) groups is 2. The van der Waals surface area contributed by atoms with Crippen molar-refractivity contribution in [3.8, 4) is 0 Å². The molecule has 0 aliphatic rings. The van der Waals surface area contributed by atoms with Crippen LogP contribution in [0.5, 0.6) is 0 Å². The predicted molar refractivity (Wildman–Crippen MR) is 64.9 cm³/mol. The molecule has 1 aromatic carbocycles. The summed E-state index contributed by atoms with van der Waals surface area (Å²) in [5.74, 6) is -0.345. The maximum atomic E-state index is 11.7. The van der Waals surface area contributed by atoms with Gasteiger partial charge in [0.1, 0.15) is 12.8 Å². The van der Waals surface area contributed by atoms with E-state index >= 15 is 0 Å². The molecule has 0 aliphatic heterocycles. The van der Waals surface area contributed by atoms with Crippen LogP contribution in [0.1, 0.15) is 12.5 Å². The van der Waals surface area contributed by atoms with Crippen LogP contribution in [-0.4, -0.2) is 30.4 Å². The fraction of sp³-hybridized carbons (Fsp3) is 0.231. The minimum absolute atomic E-state index is 0.0637. The molecule has 0 aliphatic carbocycles. The molecule has 1 amide bonds. The van der Waals surface area contributed by atoms with Crippen LogP contribution in [0.4, 0.5) is 0 Å². The van der Waals surface area contributed by atoms with Crippen molar-refractivity contribution in [3.63, 3.8) is 0 Å². The van der Waals surface area contributed by atoms with Gasteiger partial charge in [-0.15, -0.1) is 0 Å². The van der Waals surface area contributed by atoms with E-state index in [2.05, 4.69) is 0 Å². The lowest BCUT2D eigenvalue weighted by atomic mass is 10.2. The van der Waals surface area contributed by atoms with Gasteiger partial charge in [0.2, 0.25) is 0 Å². The molecule has 0 aromatic heterocycles. The highest BCUT2D eigenvalue weighted by Gasteiger charge is 2.09. The van der Waals surface area contributed by atoms with E-state index in [0.717, 1.165) is 10.6 Å². The van der Waals surface area contributed by atoms with Crippen LogP contribution < -0.4 is 0 Å². The van der Waals surface area contributed by atoms with E-state index in [1.807, 2.05) is 30.3 Å². The summed E-state index contributed by atoms with van der Waals surface area (Å²) in [6.45, 7) is 2.04. The Bertz CT molecular complexity index is 387. The monoisotopic (exact) mass is 233 g/mol. The number of nitrogens with zero attached hydrogens (tertiary/aromatic N) is 1. The van der Waals surface area contributed by atoms with Crippen LogP contribution in [-0.2, 0) is 14.4 Å². The number of hydroxylamine groups is 2. The molecular weight excluding hydrogens is 218 g/mol. The largest absolute Gasteiger partial charge is 0.301 e. The zero-order chi connectivity index (χ0) is 12.5. The van der Waals surface area contributed by atoms with Crippen molar-refractivity contribution < 1.29 is 14.4 Å². The third-order valence-electron chi connectivity index (χ3n) is 1.99. The topological polar surface area (TPSA) is 46.6 Å². The molecule has 0 saturated carbocycles. The summed E-state index contributed by atoms with van der Waals surface area (Å²) in [7, 11) is 0. The average molecular weight is 233 g/mol. The van der Waals surface area contributed by atoms with E-state index in [1.54, 1.807) is 13.0 Å². The molecule has 0 bridgehead atoms. The van der Waals surface area contributed by atoms with Gasteiger partial charge in [0.25, 0.3) is 5.91 Å². The summed E-state index contributed by atoms with van der Waals surface area (Å²) >= 11 is 0. The lowest BCUT2D eigenvalue weighted by Crippen LogP contribution is -2.31. The number of rotatable bonds is 6. The van der Waals surface area contributed by atoms with Crippen LogP contribution in [0.15, 0.2) is 36.4 Å². The predicted octanol–water partition coefficient (Wildman–Crippen LogP) is 1.68. The molecule has 1 aromatic rings. The van der Waals surface area contributed by atoms with Gasteiger partial charge < -0.3 is 4.79 Å². The Balaban J connectivity index is 2.63. The van der Waals surface area contributed by atoms with Gasteiger partial charge in [-0.25, -0.2) is 5.06 Å². The third kappa shape index (κ3) is 4.61. The van der Waals surface area contributed by atoms with Gasteiger partial charge in [-0.3, -0.25) is 9.63 Å². The summed E-state index contributed by atoms with van der Waals surface area (Å²) < 4.78 is 0. The summed E-state index contributed by atoms with van der Waals surface area (Å²) in [6.07, 6.45) is 3.69. The molecule has 0 unspecified atom stereocenters. The number of hydrogen-bond donors (Lipinski definition) is 0. The maximum absolute atomic E-state index is 11.7. The lowest BCUT2D eigenvalue weighted by molar-refractivity contribution is -0.179. The van der Waals surface area contributed by atoms with E-state index in [4.69, 9.17) is 4.84 Å². The maximum Gasteiger partial charge on any atom is 0.270 e. The molecule has 0 heterocycles. The molecule has 0 saturated heterocycles. The first-order valence-corrected chi connectivity index (χ1v) is 5.39. The second kappa shape index (κ2) is 7.35. The Labute approximate surface area is 100 Å². The van der Waals surface area contributed by atoms with Crippen LogP contribution in [0.2, 0.25) is 0 Å². The molecule has 0 N–H and O–H groups in total. The van der Waals surface area contributed by atoms with Crippen molar-refractivity contribution >= 4 is 18.3 Å². The number of hydrogen-bond acceptors (Lipinski definition) is 3. The van der Waals surface area contributed by atoms with E-state index in [0.29, 0.717) is 12.9 Å². The second-order valence-electron chi connectivity index (χ2n) is 3.23. The Morgan fingerprint density at radius 2 is 2.06 bits per heavy atom. The van der Waals surface area contributed by atoms with Crippen LogP contribution >= 0.6 is 0 Å². The zero-order valence-electron chi connectivity index (χ0n) is 9.70. The Hall–Kier alpha value is -1.94. The van der Waals surface area contributed by atoms with Crippen molar-refractivity contribution in [2.45, 2.75) is 6.92 Å². The SMILES string of the molecule is CCON(CC=O)C(=O)C=Cc1ccccc1. The first-order chi connectivity index (χ1) is 8.27. The molecule has 4 nitrogen and oxygen atoms in total. The Morgan fingerprint density at radius 3 is 2.65 bits per heavy atom. The number of aldehydes is 1. The van der Waals surface area contributed by atoms with Crippen LogP contribution in [0, 0.1) is 0 Å². The van der Waals surface area contributed by atoms with Crippen molar-refractivity contribution in [3.05, 3.63) is 42.0 Å². The van der Waals surface area contributed by atoms with Crippen LogP contribution in [0.3, 0.4) is 0 Å². The molecule has 0 spiro atoms. The molecule has 0 radical (unpaired) electrons. The first kappa shape index (κ1) is 13.1. The van der Waals surface area contributed by atoms with Gasteiger partial charge in [0.05, 0.1) is 6.61 Å². The van der Waals surface area contributed by atoms with Crippen molar-refractivity contribution in [2.24, 2.45) is 0 Å². The molecule has 17 heavy (non-hydrogen) atoms. The minimum Gasteiger partial charge on any atom is -0.301 e. The normalized spacial score (nSPS) is 10.4. The molecule has 0 fully saturated rings. The Kier molecular flexibility index (Phi) is 5.68. The van der Waals surface area contributed by atoms with Crippen molar-refractivity contribution in [1.29, 1.82) is 0 Å². The van der Waals surface area contributed by atoms with Crippen molar-refractivity contribution in [2.75, 3.05) is 13.2 Å². The molecule has 1 rings (SSSR count). The summed E-state index contributed by atoms with van der Waals surface area (Å²) in [5.41, 5.74) is 0.920. The summed E-state index contributed by atoms with van der Waals surface area (Å²) in [6, 6.07) is 9.44. The minimum atomic E-state index is -0.345. The molecule has 4 heteroatoms. The quantitative estimate of drug-likeness (QED) is 0.426. The van der Waals surface area contributed by atoms with Crippen molar-refractivity contribution in [1.82, 2.24) is 5.06 Å². The smallest absolute Gasteiger partial charge is 0.270 e. The summed E-state index contributed by atoms with van der Waals surface area (Å²) in [4.78, 5) is 27.1. The van der Waals surface area contributed by atoms with Gasteiger partial charge in [-0.1, -0.05) is 30.3 Å². The highest BCUT2D eigenvalue weighted by Crippen LogP contribution is 2.02. The fourth-order valence-corrected chi connectivity index (χ4v) is 1.24. The average Bonchev–Trinajstić information content (AvgIpc) is 2.37. The van der Waals surface area contributed by atoms with Gasteiger partial charge in [-0.05, 0) is 18.6 Å². The lowest BCUT2D eigenvalue weighted by Gasteiger charge is -2.16. The van der Waals surface area contributed by atoms with Gasteiger partial charge in [0, 0.05) is 6.08 Å². The standard InChI is InChI=1S/C13H15NO3/c1-2-17-14(10-11-15)13(16)9-8-12-6-4-3-5-7-12/h3-9,11H,2,10H2,1H3. The molecule has 90 valence electrons. The third-order valence-corrected chi connectivity index (χ3v) is 1.99. The van der Waals surface area contributed by atoms with E-state index in [9.17, 15) is 9.59 Å². The number of amides is 1. The number of benzene rings is 1. The van der Waals surface area contributed by atoms with Gasteiger partial charge in [-0.2, -0.15) is 0 Å². The zero-order valence-corrected chi connectivity index (χ0v) is 9.70. The van der Waals surface area contributed by atoms with E-state index in [1.165, 1.54) is 6.08 Å². The fourth-order valence-electron chi connectivity index (χ4n) is 1.24. The molecule has 0 atom stereocenters. The second-order valence-corrected chi connectivity index (χ2v) is 3.23.